The standard InChI is InChI=1S/C18H27NO3S2/c1-4-9-19(16-8-11-24(21,22)13-16)18(20)7-10-23-17-6-5-14(2)15(3)12-17/h5-6,12,16H,4,7-11,13H2,1-3H3. The fraction of sp³-hybridized carbons (Fsp3) is 0.611. The van der Waals surface area contributed by atoms with E-state index in [1.807, 2.05) is 6.92 Å². The van der Waals surface area contributed by atoms with Crippen molar-refractivity contribution in [2.24, 2.45) is 0 Å². The van der Waals surface area contributed by atoms with E-state index in [4.69, 9.17) is 0 Å². The number of benzene rings is 1. The highest BCUT2D eigenvalue weighted by Gasteiger charge is 2.33. The summed E-state index contributed by atoms with van der Waals surface area (Å²) < 4.78 is 23.4. The number of nitrogens with zero attached hydrogens (tertiary/aromatic N) is 1. The average Bonchev–Trinajstić information content (AvgIpc) is 2.88. The summed E-state index contributed by atoms with van der Waals surface area (Å²) in [7, 11) is -2.96. The summed E-state index contributed by atoms with van der Waals surface area (Å²) in [6, 6.07) is 6.21. The van der Waals surface area contributed by atoms with Gasteiger partial charge in [0.25, 0.3) is 0 Å². The molecule has 1 aromatic carbocycles. The molecule has 1 heterocycles. The molecule has 1 saturated heterocycles. The van der Waals surface area contributed by atoms with E-state index in [1.54, 1.807) is 16.7 Å². The second kappa shape index (κ2) is 8.39. The third-order valence-corrected chi connectivity index (χ3v) is 7.24. The van der Waals surface area contributed by atoms with E-state index in [9.17, 15) is 13.2 Å². The number of hydrogen-bond acceptors (Lipinski definition) is 4. The van der Waals surface area contributed by atoms with Crippen molar-refractivity contribution in [3.63, 3.8) is 0 Å². The molecule has 1 aliphatic heterocycles. The van der Waals surface area contributed by atoms with E-state index in [1.165, 1.54) is 16.0 Å². The van der Waals surface area contributed by atoms with E-state index in [0.29, 0.717) is 19.4 Å². The number of sulfone groups is 1. The first kappa shape index (κ1) is 19.3. The first-order chi connectivity index (χ1) is 11.3. The van der Waals surface area contributed by atoms with Crippen LogP contribution in [0.25, 0.3) is 0 Å². The largest absolute Gasteiger partial charge is 0.339 e. The zero-order valence-electron chi connectivity index (χ0n) is 14.7. The molecule has 4 nitrogen and oxygen atoms in total. The van der Waals surface area contributed by atoms with Gasteiger partial charge < -0.3 is 4.90 Å². The quantitative estimate of drug-likeness (QED) is 0.693. The highest BCUT2D eigenvalue weighted by molar-refractivity contribution is 7.99. The van der Waals surface area contributed by atoms with Crippen LogP contribution >= 0.6 is 11.8 Å². The summed E-state index contributed by atoms with van der Waals surface area (Å²) in [5.74, 6) is 1.14. The van der Waals surface area contributed by atoms with E-state index in [2.05, 4.69) is 32.0 Å². The summed E-state index contributed by atoms with van der Waals surface area (Å²) in [5, 5.41) is 0. The van der Waals surface area contributed by atoms with Crippen molar-refractivity contribution in [2.75, 3.05) is 23.8 Å². The van der Waals surface area contributed by atoms with Gasteiger partial charge in [-0.25, -0.2) is 8.42 Å². The number of carbonyl (C=O) groups is 1. The van der Waals surface area contributed by atoms with Gasteiger partial charge in [0.05, 0.1) is 11.5 Å². The van der Waals surface area contributed by atoms with Gasteiger partial charge in [-0.3, -0.25) is 4.79 Å². The van der Waals surface area contributed by atoms with Crippen molar-refractivity contribution >= 4 is 27.5 Å². The van der Waals surface area contributed by atoms with Crippen molar-refractivity contribution in [1.82, 2.24) is 4.90 Å². The Morgan fingerprint density at radius 2 is 2.04 bits per heavy atom. The van der Waals surface area contributed by atoms with Crippen LogP contribution in [0.5, 0.6) is 0 Å². The van der Waals surface area contributed by atoms with Gasteiger partial charge in [-0.2, -0.15) is 0 Å². The van der Waals surface area contributed by atoms with Gasteiger partial charge in [-0.1, -0.05) is 13.0 Å². The lowest BCUT2D eigenvalue weighted by Crippen LogP contribution is -2.41. The van der Waals surface area contributed by atoms with Crippen LogP contribution < -0.4 is 0 Å². The maximum atomic E-state index is 12.6. The minimum Gasteiger partial charge on any atom is -0.339 e. The van der Waals surface area contributed by atoms with Crippen LogP contribution in [-0.2, 0) is 14.6 Å². The van der Waals surface area contributed by atoms with Gasteiger partial charge in [0, 0.05) is 29.7 Å². The number of carbonyl (C=O) groups excluding carboxylic acids is 1. The Hall–Kier alpha value is -1.01. The predicted molar refractivity (Wildman–Crippen MR) is 100 cm³/mol. The molecule has 1 atom stereocenters. The van der Waals surface area contributed by atoms with Crippen molar-refractivity contribution in [1.29, 1.82) is 0 Å². The highest BCUT2D eigenvalue weighted by atomic mass is 32.2. The maximum Gasteiger partial charge on any atom is 0.223 e. The van der Waals surface area contributed by atoms with Crippen molar-refractivity contribution in [3.05, 3.63) is 29.3 Å². The molecule has 1 amide bonds. The van der Waals surface area contributed by atoms with Gasteiger partial charge in [-0.05, 0) is 49.9 Å². The Bertz CT molecular complexity index is 686. The number of rotatable bonds is 7. The molecule has 24 heavy (non-hydrogen) atoms. The minimum absolute atomic E-state index is 0.0790. The lowest BCUT2D eigenvalue weighted by molar-refractivity contribution is -0.132. The molecule has 0 aromatic heterocycles. The van der Waals surface area contributed by atoms with Crippen LogP contribution in [0.1, 0.15) is 37.3 Å². The minimum atomic E-state index is -2.96. The number of thioether (sulfide) groups is 1. The smallest absolute Gasteiger partial charge is 0.223 e. The van der Waals surface area contributed by atoms with E-state index < -0.39 is 9.84 Å². The SMILES string of the molecule is CCCN(C(=O)CCSc1ccc(C)c(C)c1)C1CCS(=O)(=O)C1. The lowest BCUT2D eigenvalue weighted by Gasteiger charge is -2.28. The summed E-state index contributed by atoms with van der Waals surface area (Å²) in [6.07, 6.45) is 1.89. The van der Waals surface area contributed by atoms with Crippen LogP contribution in [0.15, 0.2) is 23.1 Å². The molecule has 134 valence electrons. The molecule has 2 rings (SSSR count). The molecule has 0 N–H and O–H groups in total. The molecule has 1 aliphatic rings. The fourth-order valence-corrected chi connectivity index (χ4v) is 5.64. The van der Waals surface area contributed by atoms with Crippen molar-refractivity contribution in [2.45, 2.75) is 51.0 Å². The maximum absolute atomic E-state index is 12.6. The topological polar surface area (TPSA) is 54.5 Å². The summed E-state index contributed by atoms with van der Waals surface area (Å²) in [5.41, 5.74) is 2.53. The second-order valence-corrected chi connectivity index (χ2v) is 9.89. The van der Waals surface area contributed by atoms with Gasteiger partial charge in [0.2, 0.25) is 5.91 Å². The Morgan fingerprint density at radius 3 is 2.62 bits per heavy atom. The van der Waals surface area contributed by atoms with Crippen LogP contribution in [-0.4, -0.2) is 49.1 Å². The fourth-order valence-electron chi connectivity index (χ4n) is 2.98. The Balaban J connectivity index is 1.89. The number of aryl methyl sites for hydroxylation is 2. The summed E-state index contributed by atoms with van der Waals surface area (Å²) in [6.45, 7) is 6.85. The molecular weight excluding hydrogens is 342 g/mol. The van der Waals surface area contributed by atoms with Crippen LogP contribution in [0.4, 0.5) is 0 Å². The zero-order valence-corrected chi connectivity index (χ0v) is 16.4. The van der Waals surface area contributed by atoms with E-state index in [-0.39, 0.29) is 23.5 Å². The first-order valence-electron chi connectivity index (χ1n) is 8.52. The van der Waals surface area contributed by atoms with Gasteiger partial charge >= 0.3 is 0 Å². The van der Waals surface area contributed by atoms with Crippen LogP contribution in [0, 0.1) is 13.8 Å². The van der Waals surface area contributed by atoms with Gasteiger partial charge in [-0.15, -0.1) is 11.8 Å². The predicted octanol–water partition coefficient (Wildman–Crippen LogP) is 3.21. The second-order valence-electron chi connectivity index (χ2n) is 6.49. The third kappa shape index (κ3) is 5.24. The molecule has 0 bridgehead atoms. The molecule has 1 unspecified atom stereocenters. The average molecular weight is 370 g/mol. The molecule has 0 aliphatic carbocycles. The van der Waals surface area contributed by atoms with E-state index >= 15 is 0 Å². The Morgan fingerprint density at radius 1 is 1.29 bits per heavy atom. The van der Waals surface area contributed by atoms with Crippen LogP contribution in [0.2, 0.25) is 0 Å². The third-order valence-electron chi connectivity index (χ3n) is 4.50. The normalized spacial score (nSPS) is 19.4. The molecular formula is C18H27NO3S2. The van der Waals surface area contributed by atoms with Gasteiger partial charge in [0.15, 0.2) is 9.84 Å². The van der Waals surface area contributed by atoms with Gasteiger partial charge in [0.1, 0.15) is 0 Å². The summed E-state index contributed by atoms with van der Waals surface area (Å²) in [4.78, 5) is 15.5. The lowest BCUT2D eigenvalue weighted by atomic mass is 10.1. The Kier molecular flexibility index (Phi) is 6.75. The van der Waals surface area contributed by atoms with Crippen LogP contribution in [0.3, 0.4) is 0 Å². The molecule has 0 saturated carbocycles. The first-order valence-corrected chi connectivity index (χ1v) is 11.3. The van der Waals surface area contributed by atoms with Crippen molar-refractivity contribution < 1.29 is 13.2 Å². The number of amides is 1. The molecule has 0 spiro atoms. The highest BCUT2D eigenvalue weighted by Crippen LogP contribution is 2.23. The summed E-state index contributed by atoms with van der Waals surface area (Å²) >= 11 is 1.68. The van der Waals surface area contributed by atoms with Crippen molar-refractivity contribution in [3.8, 4) is 0 Å². The molecule has 1 aromatic rings. The zero-order chi connectivity index (χ0) is 17.7. The van der Waals surface area contributed by atoms with E-state index in [0.717, 1.165) is 12.2 Å². The Labute approximate surface area is 149 Å². The molecule has 0 radical (unpaired) electrons. The molecule has 6 heteroatoms. The number of hydrogen-bond donors (Lipinski definition) is 0. The molecule has 1 fully saturated rings. The monoisotopic (exact) mass is 369 g/mol.